The molecule has 7 heteroatoms. The van der Waals surface area contributed by atoms with Crippen LogP contribution < -0.4 is 5.32 Å². The molecule has 0 saturated heterocycles. The molecule has 0 unspecified atom stereocenters. The fraction of sp³-hybridized carbons (Fsp3) is 0.429. The molecule has 0 saturated carbocycles. The second kappa shape index (κ2) is 9.69. The minimum atomic E-state index is -0.664. The number of rotatable bonds is 7. The van der Waals surface area contributed by atoms with E-state index < -0.39 is 11.8 Å². The number of hydrogen-bond acceptors (Lipinski definition) is 4. The third-order valence-electron chi connectivity index (χ3n) is 2.71. The molecule has 0 radical (unpaired) electrons. The Hall–Kier alpha value is -1.19. The highest BCUT2D eigenvalue weighted by Crippen LogP contribution is 2.11. The molecule has 6 nitrogen and oxygen atoms in total. The van der Waals surface area contributed by atoms with E-state index in [1.165, 1.54) is 4.90 Å². The summed E-state index contributed by atoms with van der Waals surface area (Å²) in [6.07, 6.45) is 0. The van der Waals surface area contributed by atoms with Crippen molar-refractivity contribution < 1.29 is 19.1 Å². The number of methoxy groups -OCH3 is 2. The predicted octanol–water partition coefficient (Wildman–Crippen LogP) is 1.35. The van der Waals surface area contributed by atoms with Gasteiger partial charge in [0.2, 0.25) is 0 Å². The smallest absolute Gasteiger partial charge is 0.313 e. The van der Waals surface area contributed by atoms with Crippen LogP contribution in [0, 0.1) is 3.57 Å². The number of nitrogens with zero attached hydrogens (tertiary/aromatic N) is 1. The lowest BCUT2D eigenvalue weighted by Gasteiger charge is -2.21. The maximum atomic E-state index is 12.1. The molecule has 1 aromatic carbocycles. The van der Waals surface area contributed by atoms with Crippen LogP contribution in [0.15, 0.2) is 24.3 Å². The number of hydrogen-bond donors (Lipinski definition) is 1. The van der Waals surface area contributed by atoms with Crippen molar-refractivity contribution >= 4 is 40.1 Å². The molecule has 0 fully saturated rings. The van der Waals surface area contributed by atoms with Crippen LogP contribution in [-0.4, -0.2) is 57.2 Å². The van der Waals surface area contributed by atoms with Gasteiger partial charge in [-0.3, -0.25) is 9.59 Å². The zero-order valence-corrected chi connectivity index (χ0v) is 14.3. The van der Waals surface area contributed by atoms with E-state index in [0.29, 0.717) is 32.0 Å². The van der Waals surface area contributed by atoms with Crippen LogP contribution >= 0.6 is 22.6 Å². The van der Waals surface area contributed by atoms with Gasteiger partial charge in [0.05, 0.1) is 13.2 Å². The van der Waals surface area contributed by atoms with E-state index in [9.17, 15) is 9.59 Å². The maximum Gasteiger partial charge on any atom is 0.313 e. The summed E-state index contributed by atoms with van der Waals surface area (Å²) in [4.78, 5) is 25.5. The molecule has 0 bridgehead atoms. The Kier molecular flexibility index (Phi) is 8.24. The molecule has 0 aromatic heterocycles. The summed E-state index contributed by atoms with van der Waals surface area (Å²) in [6, 6.07) is 7.21. The van der Waals surface area contributed by atoms with E-state index in [-0.39, 0.29) is 0 Å². The van der Waals surface area contributed by atoms with Crippen LogP contribution in [0.2, 0.25) is 0 Å². The van der Waals surface area contributed by atoms with E-state index >= 15 is 0 Å². The molecule has 0 aliphatic rings. The molecule has 1 N–H and O–H groups in total. The molecule has 2 amide bonds. The number of amides is 2. The third kappa shape index (κ3) is 6.40. The highest BCUT2D eigenvalue weighted by Gasteiger charge is 2.21. The molecule has 1 rings (SSSR count). The summed E-state index contributed by atoms with van der Waals surface area (Å²) in [5.74, 6) is -1.26. The summed E-state index contributed by atoms with van der Waals surface area (Å²) in [7, 11) is 3.09. The van der Waals surface area contributed by atoms with E-state index in [4.69, 9.17) is 9.47 Å². The van der Waals surface area contributed by atoms with Crippen LogP contribution in [0.3, 0.4) is 0 Å². The van der Waals surface area contributed by atoms with Gasteiger partial charge in [-0.05, 0) is 46.9 Å². The van der Waals surface area contributed by atoms with Crippen molar-refractivity contribution in [3.05, 3.63) is 27.8 Å². The topological polar surface area (TPSA) is 67.9 Å². The quantitative estimate of drug-likeness (QED) is 0.549. The van der Waals surface area contributed by atoms with Gasteiger partial charge in [-0.2, -0.15) is 0 Å². The van der Waals surface area contributed by atoms with Gasteiger partial charge in [0.15, 0.2) is 0 Å². The maximum absolute atomic E-state index is 12.1. The van der Waals surface area contributed by atoms with Gasteiger partial charge in [-0.1, -0.05) is 0 Å². The molecule has 0 aliphatic heterocycles. The number of ether oxygens (including phenoxy) is 2. The fourth-order valence-corrected chi connectivity index (χ4v) is 1.94. The fourth-order valence-electron chi connectivity index (χ4n) is 1.58. The zero-order valence-electron chi connectivity index (χ0n) is 12.1. The van der Waals surface area contributed by atoms with Crippen LogP contribution in [0.25, 0.3) is 0 Å². The average Bonchev–Trinajstić information content (AvgIpc) is 2.49. The van der Waals surface area contributed by atoms with Crippen molar-refractivity contribution in [3.63, 3.8) is 0 Å². The number of carbonyl (C=O) groups excluding carboxylic acids is 2. The van der Waals surface area contributed by atoms with Gasteiger partial charge < -0.3 is 19.7 Å². The normalized spacial score (nSPS) is 10.2. The van der Waals surface area contributed by atoms with Crippen molar-refractivity contribution in [1.29, 1.82) is 0 Å². The van der Waals surface area contributed by atoms with Crippen molar-refractivity contribution in [1.82, 2.24) is 4.90 Å². The minimum Gasteiger partial charge on any atom is -0.383 e. The van der Waals surface area contributed by atoms with E-state index in [2.05, 4.69) is 27.9 Å². The Morgan fingerprint density at radius 3 is 2.10 bits per heavy atom. The number of nitrogens with one attached hydrogen (secondary N) is 1. The molecule has 0 heterocycles. The zero-order chi connectivity index (χ0) is 15.7. The largest absolute Gasteiger partial charge is 0.383 e. The Morgan fingerprint density at radius 1 is 1.10 bits per heavy atom. The lowest BCUT2D eigenvalue weighted by atomic mass is 10.3. The van der Waals surface area contributed by atoms with Gasteiger partial charge in [0.1, 0.15) is 0 Å². The first-order valence-corrected chi connectivity index (χ1v) is 7.50. The summed E-state index contributed by atoms with van der Waals surface area (Å²) in [5.41, 5.74) is 0.590. The summed E-state index contributed by atoms with van der Waals surface area (Å²) in [6.45, 7) is 1.43. The molecular formula is C14H19IN2O4. The van der Waals surface area contributed by atoms with E-state index in [1.807, 2.05) is 12.1 Å². The van der Waals surface area contributed by atoms with Crippen LogP contribution in [0.1, 0.15) is 0 Å². The van der Waals surface area contributed by atoms with Crippen LogP contribution in [-0.2, 0) is 19.1 Å². The van der Waals surface area contributed by atoms with Gasteiger partial charge >= 0.3 is 11.8 Å². The predicted molar refractivity (Wildman–Crippen MR) is 88.1 cm³/mol. The van der Waals surface area contributed by atoms with Crippen molar-refractivity contribution in [3.8, 4) is 0 Å². The lowest BCUT2D eigenvalue weighted by molar-refractivity contribution is -0.144. The number of benzene rings is 1. The van der Waals surface area contributed by atoms with Crippen LogP contribution in [0.5, 0.6) is 0 Å². The highest BCUT2D eigenvalue weighted by atomic mass is 127. The first kappa shape index (κ1) is 17.9. The standard InChI is InChI=1S/C14H19IN2O4/c1-20-9-7-17(8-10-21-2)14(19)13(18)16-12-5-3-11(15)4-6-12/h3-6H,7-10H2,1-2H3,(H,16,18). The molecular weight excluding hydrogens is 387 g/mol. The average molecular weight is 406 g/mol. The first-order valence-electron chi connectivity index (χ1n) is 6.42. The minimum absolute atomic E-state index is 0.346. The monoisotopic (exact) mass is 406 g/mol. The van der Waals surface area contributed by atoms with Crippen molar-refractivity contribution in [2.45, 2.75) is 0 Å². The van der Waals surface area contributed by atoms with E-state index in [1.54, 1.807) is 26.4 Å². The summed E-state index contributed by atoms with van der Waals surface area (Å²) in [5, 5.41) is 2.59. The Bertz CT molecular complexity index is 457. The molecule has 116 valence electrons. The van der Waals surface area contributed by atoms with Gasteiger partial charge in [-0.15, -0.1) is 0 Å². The molecule has 21 heavy (non-hydrogen) atoms. The Morgan fingerprint density at radius 2 is 1.62 bits per heavy atom. The van der Waals surface area contributed by atoms with Gasteiger partial charge in [0.25, 0.3) is 0 Å². The first-order chi connectivity index (χ1) is 10.1. The molecule has 0 atom stereocenters. The number of halogens is 1. The lowest BCUT2D eigenvalue weighted by Crippen LogP contribution is -2.43. The second-order valence-electron chi connectivity index (χ2n) is 4.24. The number of anilines is 1. The Labute approximate surface area is 137 Å². The highest BCUT2D eigenvalue weighted by molar-refractivity contribution is 14.1. The van der Waals surface area contributed by atoms with Gasteiger partial charge in [0, 0.05) is 36.6 Å². The summed E-state index contributed by atoms with van der Waals surface area (Å²) >= 11 is 2.17. The molecule has 0 spiro atoms. The second-order valence-corrected chi connectivity index (χ2v) is 5.48. The number of carbonyl (C=O) groups is 2. The Balaban J connectivity index is 2.63. The summed E-state index contributed by atoms with van der Waals surface area (Å²) < 4.78 is 10.9. The third-order valence-corrected chi connectivity index (χ3v) is 3.43. The van der Waals surface area contributed by atoms with Crippen molar-refractivity contribution in [2.75, 3.05) is 45.8 Å². The molecule has 0 aliphatic carbocycles. The SMILES string of the molecule is COCCN(CCOC)C(=O)C(=O)Nc1ccc(I)cc1. The van der Waals surface area contributed by atoms with Crippen molar-refractivity contribution in [2.24, 2.45) is 0 Å². The van der Waals surface area contributed by atoms with Gasteiger partial charge in [-0.25, -0.2) is 0 Å². The van der Waals surface area contributed by atoms with E-state index in [0.717, 1.165) is 3.57 Å². The van der Waals surface area contributed by atoms with Crippen LogP contribution in [0.4, 0.5) is 5.69 Å². The molecule has 1 aromatic rings.